The van der Waals surface area contributed by atoms with Crippen molar-refractivity contribution < 1.29 is 19.1 Å². The SMILES string of the molecule is CC[C@@H]1Cc2ccccc2CN1C(=O)c1cc(C(=O)OC(C)(C)C)ccc1C=O. The molecule has 0 saturated carbocycles. The number of carbonyl (C=O) groups is 3. The predicted molar refractivity (Wildman–Crippen MR) is 111 cm³/mol. The number of nitrogens with zero attached hydrogens (tertiary/aromatic N) is 1. The van der Waals surface area contributed by atoms with Crippen LogP contribution < -0.4 is 0 Å². The molecule has 5 nitrogen and oxygen atoms in total. The quantitative estimate of drug-likeness (QED) is 0.569. The summed E-state index contributed by atoms with van der Waals surface area (Å²) in [5.41, 5.74) is 2.49. The standard InChI is InChI=1S/C24H27NO4/c1-5-20-12-16-8-6-7-9-18(16)14-25(20)22(27)21-13-17(10-11-19(21)15-26)23(28)29-24(2,3)4/h6-11,13,15,20H,5,12,14H2,1-4H3/t20-/m1/s1. The summed E-state index contributed by atoms with van der Waals surface area (Å²) in [5, 5.41) is 0. The third-order valence-electron chi connectivity index (χ3n) is 5.13. The molecular formula is C24H27NO4. The van der Waals surface area contributed by atoms with Crippen LogP contribution in [0.25, 0.3) is 0 Å². The first-order chi connectivity index (χ1) is 13.7. The molecule has 0 radical (unpaired) electrons. The third-order valence-corrected chi connectivity index (χ3v) is 5.13. The fourth-order valence-corrected chi connectivity index (χ4v) is 3.65. The van der Waals surface area contributed by atoms with Crippen molar-refractivity contribution in [3.05, 3.63) is 70.3 Å². The van der Waals surface area contributed by atoms with Crippen LogP contribution in [0.3, 0.4) is 0 Å². The maximum Gasteiger partial charge on any atom is 0.338 e. The molecule has 1 atom stereocenters. The van der Waals surface area contributed by atoms with E-state index in [1.165, 1.54) is 23.8 Å². The summed E-state index contributed by atoms with van der Waals surface area (Å²) in [6, 6.07) is 12.7. The highest BCUT2D eigenvalue weighted by Crippen LogP contribution is 2.27. The largest absolute Gasteiger partial charge is 0.456 e. The Morgan fingerprint density at radius 3 is 2.45 bits per heavy atom. The Morgan fingerprint density at radius 1 is 1.14 bits per heavy atom. The van der Waals surface area contributed by atoms with E-state index in [1.54, 1.807) is 20.8 Å². The monoisotopic (exact) mass is 393 g/mol. The summed E-state index contributed by atoms with van der Waals surface area (Å²) < 4.78 is 5.41. The Bertz CT molecular complexity index is 942. The van der Waals surface area contributed by atoms with Gasteiger partial charge in [0.05, 0.1) is 11.1 Å². The molecule has 1 amide bonds. The zero-order valence-electron chi connectivity index (χ0n) is 17.4. The van der Waals surface area contributed by atoms with Gasteiger partial charge in [-0.3, -0.25) is 9.59 Å². The number of esters is 1. The zero-order valence-corrected chi connectivity index (χ0v) is 17.4. The van der Waals surface area contributed by atoms with Crippen molar-refractivity contribution in [3.8, 4) is 0 Å². The van der Waals surface area contributed by atoms with E-state index in [-0.39, 0.29) is 28.6 Å². The minimum Gasteiger partial charge on any atom is -0.456 e. The molecule has 2 aromatic rings. The van der Waals surface area contributed by atoms with E-state index in [0.717, 1.165) is 18.4 Å². The Kier molecular flexibility index (Phi) is 5.87. The first-order valence-corrected chi connectivity index (χ1v) is 9.94. The maximum absolute atomic E-state index is 13.4. The molecule has 0 fully saturated rings. The molecule has 29 heavy (non-hydrogen) atoms. The Balaban J connectivity index is 1.96. The smallest absolute Gasteiger partial charge is 0.338 e. The van der Waals surface area contributed by atoms with E-state index in [2.05, 4.69) is 13.0 Å². The van der Waals surface area contributed by atoms with Crippen molar-refractivity contribution in [1.82, 2.24) is 4.90 Å². The number of carbonyl (C=O) groups excluding carboxylic acids is 3. The van der Waals surface area contributed by atoms with Crippen LogP contribution in [-0.2, 0) is 17.7 Å². The number of benzene rings is 2. The number of ether oxygens (including phenoxy) is 1. The third kappa shape index (κ3) is 4.56. The normalized spacial score (nSPS) is 16.1. The highest BCUT2D eigenvalue weighted by Gasteiger charge is 2.31. The minimum absolute atomic E-state index is 0.0436. The van der Waals surface area contributed by atoms with Gasteiger partial charge in [-0.1, -0.05) is 37.3 Å². The number of rotatable bonds is 4. The van der Waals surface area contributed by atoms with Gasteiger partial charge in [0.2, 0.25) is 0 Å². The summed E-state index contributed by atoms with van der Waals surface area (Å²) in [7, 11) is 0. The van der Waals surface area contributed by atoms with Crippen LogP contribution in [0.5, 0.6) is 0 Å². The van der Waals surface area contributed by atoms with Gasteiger partial charge >= 0.3 is 5.97 Å². The molecule has 1 aliphatic heterocycles. The second-order valence-electron chi connectivity index (χ2n) is 8.39. The molecule has 1 aliphatic rings. The van der Waals surface area contributed by atoms with Crippen molar-refractivity contribution in [2.75, 3.05) is 0 Å². The fourth-order valence-electron chi connectivity index (χ4n) is 3.65. The van der Waals surface area contributed by atoms with E-state index < -0.39 is 11.6 Å². The van der Waals surface area contributed by atoms with Crippen LogP contribution in [0.2, 0.25) is 0 Å². The fraction of sp³-hybridized carbons (Fsp3) is 0.375. The van der Waals surface area contributed by atoms with Crippen molar-refractivity contribution >= 4 is 18.2 Å². The Morgan fingerprint density at radius 2 is 1.83 bits per heavy atom. The summed E-state index contributed by atoms with van der Waals surface area (Å²) >= 11 is 0. The maximum atomic E-state index is 13.4. The van der Waals surface area contributed by atoms with Gasteiger partial charge in [-0.25, -0.2) is 4.79 Å². The molecule has 1 heterocycles. The van der Waals surface area contributed by atoms with Crippen LogP contribution in [0, 0.1) is 0 Å². The average Bonchev–Trinajstić information content (AvgIpc) is 2.70. The van der Waals surface area contributed by atoms with Gasteiger partial charge in [0, 0.05) is 18.2 Å². The van der Waals surface area contributed by atoms with Crippen molar-refractivity contribution in [2.24, 2.45) is 0 Å². The minimum atomic E-state index is -0.644. The van der Waals surface area contributed by atoms with E-state index >= 15 is 0 Å². The van der Waals surface area contributed by atoms with Crippen LogP contribution in [-0.4, -0.2) is 34.7 Å². The molecule has 5 heteroatoms. The molecule has 2 aromatic carbocycles. The molecule has 0 unspecified atom stereocenters. The lowest BCUT2D eigenvalue weighted by Gasteiger charge is -2.37. The molecule has 152 valence electrons. The molecule has 0 spiro atoms. The summed E-state index contributed by atoms with van der Waals surface area (Å²) in [4.78, 5) is 39.3. The second kappa shape index (κ2) is 8.19. The summed E-state index contributed by atoms with van der Waals surface area (Å²) in [6.07, 6.45) is 2.24. The van der Waals surface area contributed by atoms with Crippen LogP contribution in [0.1, 0.15) is 76.3 Å². The number of hydrogen-bond acceptors (Lipinski definition) is 4. The van der Waals surface area contributed by atoms with Gasteiger partial charge in [0.25, 0.3) is 5.91 Å². The van der Waals surface area contributed by atoms with E-state index in [4.69, 9.17) is 4.74 Å². The van der Waals surface area contributed by atoms with Gasteiger partial charge in [0.1, 0.15) is 5.60 Å². The molecular weight excluding hydrogens is 366 g/mol. The molecule has 0 N–H and O–H groups in total. The highest BCUT2D eigenvalue weighted by molar-refractivity contribution is 6.04. The highest BCUT2D eigenvalue weighted by atomic mass is 16.6. The number of aldehydes is 1. The Labute approximate surface area is 171 Å². The zero-order chi connectivity index (χ0) is 21.2. The van der Waals surface area contributed by atoms with Gasteiger partial charge in [-0.05, 0) is 56.9 Å². The van der Waals surface area contributed by atoms with E-state index in [1.807, 2.05) is 23.1 Å². The average molecular weight is 393 g/mol. The lowest BCUT2D eigenvalue weighted by molar-refractivity contribution is 0.00693. The van der Waals surface area contributed by atoms with Gasteiger partial charge in [0.15, 0.2) is 6.29 Å². The van der Waals surface area contributed by atoms with E-state index in [9.17, 15) is 14.4 Å². The first kappa shape index (κ1) is 20.8. The number of hydrogen-bond donors (Lipinski definition) is 0. The summed E-state index contributed by atoms with van der Waals surface area (Å²) in [5.74, 6) is -0.751. The summed E-state index contributed by atoms with van der Waals surface area (Å²) in [6.45, 7) is 7.90. The van der Waals surface area contributed by atoms with Crippen molar-refractivity contribution in [2.45, 2.75) is 58.7 Å². The van der Waals surface area contributed by atoms with Crippen LogP contribution in [0.15, 0.2) is 42.5 Å². The van der Waals surface area contributed by atoms with E-state index in [0.29, 0.717) is 12.8 Å². The molecule has 0 aromatic heterocycles. The molecule has 0 bridgehead atoms. The first-order valence-electron chi connectivity index (χ1n) is 9.94. The molecule has 0 saturated heterocycles. The van der Waals surface area contributed by atoms with Gasteiger partial charge in [-0.2, -0.15) is 0 Å². The number of amides is 1. The lowest BCUT2D eigenvalue weighted by Crippen LogP contribution is -2.44. The van der Waals surface area contributed by atoms with Crippen LogP contribution >= 0.6 is 0 Å². The lowest BCUT2D eigenvalue weighted by atomic mass is 9.91. The second-order valence-corrected chi connectivity index (χ2v) is 8.39. The van der Waals surface area contributed by atoms with Crippen LogP contribution in [0.4, 0.5) is 0 Å². The van der Waals surface area contributed by atoms with Crippen molar-refractivity contribution in [3.63, 3.8) is 0 Å². The van der Waals surface area contributed by atoms with Gasteiger partial charge < -0.3 is 9.64 Å². The number of fused-ring (bicyclic) bond motifs is 1. The Hall–Kier alpha value is -2.95. The topological polar surface area (TPSA) is 63.7 Å². The van der Waals surface area contributed by atoms with Gasteiger partial charge in [-0.15, -0.1) is 0 Å². The van der Waals surface area contributed by atoms with Crippen molar-refractivity contribution in [1.29, 1.82) is 0 Å². The molecule has 0 aliphatic carbocycles. The molecule has 3 rings (SSSR count). The predicted octanol–water partition coefficient (Wildman–Crippen LogP) is 4.43.